The van der Waals surface area contributed by atoms with Gasteiger partial charge in [0.2, 0.25) is 0 Å². The van der Waals surface area contributed by atoms with Gasteiger partial charge in [-0.05, 0) is 37.8 Å². The van der Waals surface area contributed by atoms with Crippen LogP contribution in [0.15, 0.2) is 11.4 Å². The molecule has 0 amide bonds. The Kier molecular flexibility index (Phi) is 4.29. The van der Waals surface area contributed by atoms with E-state index in [-0.39, 0.29) is 11.7 Å². The summed E-state index contributed by atoms with van der Waals surface area (Å²) in [5, 5.41) is 1.97. The summed E-state index contributed by atoms with van der Waals surface area (Å²) in [4.78, 5) is 13.0. The molecule has 0 aliphatic carbocycles. The molecule has 78 valence electrons. The first-order valence-corrected chi connectivity index (χ1v) is 5.83. The van der Waals surface area contributed by atoms with Crippen LogP contribution in [0.2, 0.25) is 0 Å². The van der Waals surface area contributed by atoms with Gasteiger partial charge in [0.25, 0.3) is 0 Å². The predicted molar refractivity (Wildman–Crippen MR) is 60.8 cm³/mol. The molecule has 0 aliphatic rings. The zero-order chi connectivity index (χ0) is 10.6. The normalized spacial score (nSPS) is 12.8. The Labute approximate surface area is 89.1 Å². The molecule has 1 unspecified atom stereocenters. The third kappa shape index (κ3) is 2.66. The number of aryl methyl sites for hydroxylation is 1. The summed E-state index contributed by atoms with van der Waals surface area (Å²) in [6, 6.07) is 1.92. The number of carbonyl (C=O) groups excluding carboxylic acids is 1. The van der Waals surface area contributed by atoms with Crippen LogP contribution in [0, 0.1) is 12.8 Å². The minimum atomic E-state index is 0.104. The van der Waals surface area contributed by atoms with E-state index in [1.807, 2.05) is 25.3 Å². The zero-order valence-corrected chi connectivity index (χ0v) is 9.56. The van der Waals surface area contributed by atoms with Gasteiger partial charge < -0.3 is 5.73 Å². The van der Waals surface area contributed by atoms with Crippen molar-refractivity contribution in [1.29, 1.82) is 0 Å². The van der Waals surface area contributed by atoms with Crippen LogP contribution in [0.25, 0.3) is 0 Å². The molecule has 1 aromatic rings. The van der Waals surface area contributed by atoms with E-state index in [4.69, 9.17) is 5.73 Å². The third-order valence-electron chi connectivity index (χ3n) is 2.41. The van der Waals surface area contributed by atoms with Crippen molar-refractivity contribution < 1.29 is 4.79 Å². The van der Waals surface area contributed by atoms with Crippen LogP contribution in [0.5, 0.6) is 0 Å². The Morgan fingerprint density at radius 1 is 1.64 bits per heavy atom. The molecule has 0 spiro atoms. The van der Waals surface area contributed by atoms with Crippen LogP contribution < -0.4 is 5.73 Å². The van der Waals surface area contributed by atoms with Crippen LogP contribution in [-0.2, 0) is 0 Å². The molecule has 14 heavy (non-hydrogen) atoms. The van der Waals surface area contributed by atoms with Crippen molar-refractivity contribution in [2.75, 3.05) is 6.54 Å². The lowest BCUT2D eigenvalue weighted by atomic mass is 9.95. The van der Waals surface area contributed by atoms with E-state index in [9.17, 15) is 4.79 Å². The summed E-state index contributed by atoms with van der Waals surface area (Å²) in [6.07, 6.45) is 1.82. The highest BCUT2D eigenvalue weighted by atomic mass is 32.1. The maximum Gasteiger partial charge on any atom is 0.166 e. The van der Waals surface area contributed by atoms with Gasteiger partial charge in [0, 0.05) is 16.4 Å². The SMILES string of the molecule is Cc1sccc1C(=O)C(C)CCCN. The van der Waals surface area contributed by atoms with Gasteiger partial charge in [-0.25, -0.2) is 0 Å². The Bertz CT molecular complexity index is 306. The first-order valence-electron chi connectivity index (χ1n) is 4.95. The fourth-order valence-corrected chi connectivity index (χ4v) is 2.17. The molecule has 2 nitrogen and oxygen atoms in total. The number of hydrogen-bond acceptors (Lipinski definition) is 3. The minimum absolute atomic E-state index is 0.104. The van der Waals surface area contributed by atoms with E-state index >= 15 is 0 Å². The van der Waals surface area contributed by atoms with Gasteiger partial charge in [0.05, 0.1) is 0 Å². The molecule has 0 aliphatic heterocycles. The smallest absolute Gasteiger partial charge is 0.166 e. The first-order chi connectivity index (χ1) is 6.66. The highest BCUT2D eigenvalue weighted by Gasteiger charge is 2.16. The second-order valence-corrected chi connectivity index (χ2v) is 4.71. The molecule has 1 rings (SSSR count). The molecule has 1 aromatic heterocycles. The second-order valence-electron chi connectivity index (χ2n) is 3.59. The maximum atomic E-state index is 11.9. The largest absolute Gasteiger partial charge is 0.330 e. The quantitative estimate of drug-likeness (QED) is 0.761. The number of thiophene rings is 1. The number of rotatable bonds is 5. The number of hydrogen-bond donors (Lipinski definition) is 1. The molecule has 1 atom stereocenters. The topological polar surface area (TPSA) is 43.1 Å². The van der Waals surface area contributed by atoms with Crippen LogP contribution in [0.4, 0.5) is 0 Å². The van der Waals surface area contributed by atoms with Crippen molar-refractivity contribution >= 4 is 17.1 Å². The summed E-state index contributed by atoms with van der Waals surface area (Å²) < 4.78 is 0. The molecule has 0 fully saturated rings. The summed E-state index contributed by atoms with van der Waals surface area (Å²) in [6.45, 7) is 4.64. The molecular formula is C11H17NOS. The molecular weight excluding hydrogens is 194 g/mol. The van der Waals surface area contributed by atoms with Gasteiger partial charge in [-0.2, -0.15) is 0 Å². The average Bonchev–Trinajstić information content (AvgIpc) is 2.59. The maximum absolute atomic E-state index is 11.9. The average molecular weight is 211 g/mol. The van der Waals surface area contributed by atoms with Gasteiger partial charge in [0.15, 0.2) is 5.78 Å². The van der Waals surface area contributed by atoms with Crippen LogP contribution in [0.1, 0.15) is 35.0 Å². The van der Waals surface area contributed by atoms with Crippen LogP contribution in [-0.4, -0.2) is 12.3 Å². The molecule has 0 aromatic carbocycles. The number of Topliss-reactive ketones (excluding diaryl/α,β-unsaturated/α-hetero) is 1. The molecule has 0 saturated carbocycles. The van der Waals surface area contributed by atoms with E-state index < -0.39 is 0 Å². The number of ketones is 1. The molecule has 0 radical (unpaired) electrons. The van der Waals surface area contributed by atoms with Crippen molar-refractivity contribution in [1.82, 2.24) is 0 Å². The van der Waals surface area contributed by atoms with Crippen LogP contribution in [0.3, 0.4) is 0 Å². The Morgan fingerprint density at radius 2 is 2.36 bits per heavy atom. The zero-order valence-electron chi connectivity index (χ0n) is 8.75. The van der Waals surface area contributed by atoms with Gasteiger partial charge in [-0.3, -0.25) is 4.79 Å². The van der Waals surface area contributed by atoms with Crippen molar-refractivity contribution in [3.63, 3.8) is 0 Å². The highest BCUT2D eigenvalue weighted by Crippen LogP contribution is 2.20. The van der Waals surface area contributed by atoms with E-state index in [2.05, 4.69) is 0 Å². The highest BCUT2D eigenvalue weighted by molar-refractivity contribution is 7.10. The van der Waals surface area contributed by atoms with Gasteiger partial charge in [-0.1, -0.05) is 6.92 Å². The van der Waals surface area contributed by atoms with Gasteiger partial charge >= 0.3 is 0 Å². The molecule has 1 heterocycles. The summed E-state index contributed by atoms with van der Waals surface area (Å²) in [5.41, 5.74) is 6.30. The minimum Gasteiger partial charge on any atom is -0.330 e. The van der Waals surface area contributed by atoms with Crippen molar-refractivity contribution in [2.24, 2.45) is 11.7 Å². The molecule has 0 bridgehead atoms. The Hall–Kier alpha value is -0.670. The molecule has 2 N–H and O–H groups in total. The lowest BCUT2D eigenvalue weighted by molar-refractivity contribution is 0.0923. The fourth-order valence-electron chi connectivity index (χ4n) is 1.46. The summed E-state index contributed by atoms with van der Waals surface area (Å²) in [7, 11) is 0. The van der Waals surface area contributed by atoms with E-state index in [0.717, 1.165) is 23.3 Å². The lowest BCUT2D eigenvalue weighted by Crippen LogP contribution is -2.13. The lowest BCUT2D eigenvalue weighted by Gasteiger charge is -2.08. The van der Waals surface area contributed by atoms with E-state index in [1.54, 1.807) is 11.3 Å². The van der Waals surface area contributed by atoms with Crippen LogP contribution >= 0.6 is 11.3 Å². The fraction of sp³-hybridized carbons (Fsp3) is 0.545. The Morgan fingerprint density at radius 3 is 2.86 bits per heavy atom. The van der Waals surface area contributed by atoms with E-state index in [1.165, 1.54) is 0 Å². The van der Waals surface area contributed by atoms with Gasteiger partial charge in [0.1, 0.15) is 0 Å². The van der Waals surface area contributed by atoms with Crippen molar-refractivity contribution in [3.05, 3.63) is 21.9 Å². The summed E-state index contributed by atoms with van der Waals surface area (Å²) >= 11 is 1.63. The monoisotopic (exact) mass is 211 g/mol. The third-order valence-corrected chi connectivity index (χ3v) is 3.26. The van der Waals surface area contributed by atoms with E-state index in [0.29, 0.717) is 6.54 Å². The number of nitrogens with two attached hydrogens (primary N) is 1. The van der Waals surface area contributed by atoms with Crippen molar-refractivity contribution in [2.45, 2.75) is 26.7 Å². The van der Waals surface area contributed by atoms with Crippen molar-refractivity contribution in [3.8, 4) is 0 Å². The summed E-state index contributed by atoms with van der Waals surface area (Å²) in [5.74, 6) is 0.365. The predicted octanol–water partition coefficient (Wildman–Crippen LogP) is 2.61. The second kappa shape index (κ2) is 5.27. The number of carbonyl (C=O) groups is 1. The first kappa shape index (κ1) is 11.4. The molecule has 0 saturated heterocycles. The standard InChI is InChI=1S/C11H17NOS/c1-8(4-3-6-12)11(13)10-5-7-14-9(10)2/h5,7-8H,3-4,6,12H2,1-2H3. The molecule has 3 heteroatoms. The van der Waals surface area contributed by atoms with Gasteiger partial charge in [-0.15, -0.1) is 11.3 Å². The Balaban J connectivity index is 2.61.